The zero-order chi connectivity index (χ0) is 30.1. The van der Waals surface area contributed by atoms with Gasteiger partial charge in [0.15, 0.2) is 0 Å². The van der Waals surface area contributed by atoms with Gasteiger partial charge in [0.1, 0.15) is 12.4 Å². The lowest BCUT2D eigenvalue weighted by Gasteiger charge is -2.16. The second kappa shape index (κ2) is 14.3. The van der Waals surface area contributed by atoms with E-state index in [-0.39, 0.29) is 25.9 Å². The third-order valence-corrected chi connectivity index (χ3v) is 7.56. The van der Waals surface area contributed by atoms with Crippen LogP contribution in [0.25, 0.3) is 33.3 Å². The van der Waals surface area contributed by atoms with Crippen LogP contribution in [0.3, 0.4) is 0 Å². The number of amides is 1. The molecule has 1 N–H and O–H groups in total. The molecule has 4 heterocycles. The predicted molar refractivity (Wildman–Crippen MR) is 161 cm³/mol. The van der Waals surface area contributed by atoms with Crippen molar-refractivity contribution in [1.29, 1.82) is 0 Å². The molecule has 0 aliphatic carbocycles. The molecule has 0 atom stereocenters. The number of fused-ring (bicyclic) bond motifs is 1. The average Bonchev–Trinajstić information content (AvgIpc) is 3.34. The van der Waals surface area contributed by atoms with Crippen LogP contribution in [0.15, 0.2) is 67.4 Å². The second-order valence-electron chi connectivity index (χ2n) is 9.35. The van der Waals surface area contributed by atoms with Crippen molar-refractivity contribution in [2.45, 2.75) is 20.6 Å². The molecule has 4 rings (SSSR count). The number of aromatic nitrogens is 4. The van der Waals surface area contributed by atoms with Gasteiger partial charge in [-0.2, -0.15) is 0 Å². The first kappa shape index (κ1) is 31.0. The number of carbonyl (C=O) groups excluding carboxylic acids is 1. The summed E-state index contributed by atoms with van der Waals surface area (Å²) in [6.07, 6.45) is 11.8. The summed E-state index contributed by atoms with van der Waals surface area (Å²) in [6, 6.07) is 7.50. The van der Waals surface area contributed by atoms with Crippen molar-refractivity contribution in [3.05, 3.63) is 67.4 Å². The molecule has 4 aromatic rings. The van der Waals surface area contributed by atoms with Crippen molar-refractivity contribution in [2.24, 2.45) is 0 Å². The number of pyridine rings is 3. The van der Waals surface area contributed by atoms with Gasteiger partial charge in [-0.1, -0.05) is 6.08 Å². The topological polar surface area (TPSA) is 130 Å². The summed E-state index contributed by atoms with van der Waals surface area (Å²) in [5, 5.41) is 3.65. The minimum absolute atomic E-state index is 0.118. The minimum Gasteiger partial charge on any atom is -0.481 e. The van der Waals surface area contributed by atoms with Crippen LogP contribution < -0.4 is 10.1 Å². The van der Waals surface area contributed by atoms with Gasteiger partial charge in [-0.25, -0.2) is 14.5 Å². The molecule has 0 aliphatic heterocycles. The molecular formula is C29H35N6O6P. The number of likely N-dealkylation sites (N-methyl/N-ethyl adjacent to an activating group) is 1. The van der Waals surface area contributed by atoms with E-state index in [1.165, 1.54) is 6.08 Å². The Balaban J connectivity index is 1.71. The summed E-state index contributed by atoms with van der Waals surface area (Å²) in [4.78, 5) is 27.6. The zero-order valence-electron chi connectivity index (χ0n) is 24.3. The SMILES string of the molecule is CCOP(=O)(OCC)OCn1cc(-c2ccnc(OC)c2)c2cc(-c3cncc(NC(=O)/C=C/CN(C)C)c3)cnc21. The van der Waals surface area contributed by atoms with E-state index < -0.39 is 7.82 Å². The molecule has 0 saturated carbocycles. The molecule has 0 aliphatic rings. The number of carbonyl (C=O) groups is 1. The fraction of sp³-hybridized carbons (Fsp3) is 0.310. The maximum atomic E-state index is 12.9. The molecule has 222 valence electrons. The predicted octanol–water partition coefficient (Wildman–Crippen LogP) is 5.38. The van der Waals surface area contributed by atoms with Gasteiger partial charge in [0.2, 0.25) is 11.8 Å². The van der Waals surface area contributed by atoms with Gasteiger partial charge in [-0.15, -0.1) is 0 Å². The van der Waals surface area contributed by atoms with Gasteiger partial charge >= 0.3 is 7.82 Å². The number of hydrogen-bond donors (Lipinski definition) is 1. The van der Waals surface area contributed by atoms with Crippen molar-refractivity contribution in [1.82, 2.24) is 24.4 Å². The van der Waals surface area contributed by atoms with E-state index in [1.54, 1.807) is 56.4 Å². The number of phosphoric ester groups is 1. The molecule has 1 amide bonds. The van der Waals surface area contributed by atoms with Crippen LogP contribution in [0.5, 0.6) is 5.88 Å². The van der Waals surface area contributed by atoms with Crippen molar-refractivity contribution in [3.8, 4) is 28.1 Å². The lowest BCUT2D eigenvalue weighted by atomic mass is 10.0. The number of hydrogen-bond acceptors (Lipinski definition) is 10. The Bertz CT molecular complexity index is 1590. The Morgan fingerprint density at radius 1 is 1.02 bits per heavy atom. The molecule has 42 heavy (non-hydrogen) atoms. The fourth-order valence-corrected chi connectivity index (χ4v) is 5.25. The quantitative estimate of drug-likeness (QED) is 0.150. The molecule has 0 aromatic carbocycles. The number of methoxy groups -OCH3 is 1. The highest BCUT2D eigenvalue weighted by atomic mass is 31.2. The van der Waals surface area contributed by atoms with E-state index >= 15 is 0 Å². The van der Waals surface area contributed by atoms with Gasteiger partial charge in [-0.05, 0) is 51.7 Å². The third-order valence-electron chi connectivity index (χ3n) is 5.98. The molecule has 0 unspecified atom stereocenters. The standard InChI is InChI=1S/C29H35N6O6P/c1-6-39-42(37,40-7-2)41-20-35-19-26(21-10-11-31-28(15-21)38-5)25-14-23(17-32-29(25)35)22-13-24(18-30-16-22)33-27(36)9-8-12-34(3)4/h8-11,13-19H,6-7,12,20H2,1-5H3,(H,33,36)/b9-8+. The van der Waals surface area contributed by atoms with E-state index in [1.807, 2.05) is 49.5 Å². The largest absolute Gasteiger partial charge is 0.481 e. The van der Waals surface area contributed by atoms with E-state index in [4.69, 9.17) is 23.3 Å². The van der Waals surface area contributed by atoms with Gasteiger partial charge in [0, 0.05) is 65.6 Å². The van der Waals surface area contributed by atoms with Crippen LogP contribution in [-0.2, 0) is 29.7 Å². The summed E-state index contributed by atoms with van der Waals surface area (Å²) >= 11 is 0. The summed E-state index contributed by atoms with van der Waals surface area (Å²) in [6.45, 7) is 4.32. The van der Waals surface area contributed by atoms with Gasteiger partial charge < -0.3 is 19.5 Å². The molecule has 0 radical (unpaired) electrons. The lowest BCUT2D eigenvalue weighted by molar-refractivity contribution is -0.111. The first-order valence-corrected chi connectivity index (χ1v) is 14.8. The van der Waals surface area contributed by atoms with Gasteiger partial charge in [0.05, 0.1) is 32.2 Å². The number of anilines is 1. The van der Waals surface area contributed by atoms with Crippen LogP contribution in [-0.4, -0.2) is 71.3 Å². The third kappa shape index (κ3) is 7.87. The van der Waals surface area contributed by atoms with E-state index in [2.05, 4.69) is 15.3 Å². The highest BCUT2D eigenvalue weighted by Crippen LogP contribution is 2.49. The normalized spacial score (nSPS) is 12.0. The summed E-state index contributed by atoms with van der Waals surface area (Å²) < 4.78 is 36.2. The van der Waals surface area contributed by atoms with Crippen LogP contribution in [0.1, 0.15) is 13.8 Å². The molecule has 0 saturated heterocycles. The van der Waals surface area contributed by atoms with E-state index in [0.717, 1.165) is 27.6 Å². The maximum absolute atomic E-state index is 12.9. The highest BCUT2D eigenvalue weighted by molar-refractivity contribution is 7.48. The van der Waals surface area contributed by atoms with Crippen molar-refractivity contribution >= 4 is 30.5 Å². The maximum Gasteiger partial charge on any atom is 0.476 e. The lowest BCUT2D eigenvalue weighted by Crippen LogP contribution is -2.13. The van der Waals surface area contributed by atoms with Crippen LogP contribution in [0, 0.1) is 0 Å². The molecule has 12 nitrogen and oxygen atoms in total. The van der Waals surface area contributed by atoms with Crippen LogP contribution in [0.2, 0.25) is 0 Å². The molecule has 0 spiro atoms. The molecule has 0 bridgehead atoms. The highest BCUT2D eigenvalue weighted by Gasteiger charge is 2.26. The van der Waals surface area contributed by atoms with Crippen LogP contribution >= 0.6 is 7.82 Å². The average molecular weight is 595 g/mol. The second-order valence-corrected chi connectivity index (χ2v) is 11.0. The van der Waals surface area contributed by atoms with E-state index in [0.29, 0.717) is 23.8 Å². The molecule has 13 heteroatoms. The summed E-state index contributed by atoms with van der Waals surface area (Å²) in [5.41, 5.74) is 4.36. The monoisotopic (exact) mass is 594 g/mol. The smallest absolute Gasteiger partial charge is 0.476 e. The van der Waals surface area contributed by atoms with Crippen molar-refractivity contribution in [2.75, 3.05) is 46.3 Å². The number of nitrogens with one attached hydrogen (secondary N) is 1. The Hall–Kier alpha value is -3.93. The van der Waals surface area contributed by atoms with Gasteiger partial charge in [0.25, 0.3) is 0 Å². The molecule has 0 fully saturated rings. The summed E-state index contributed by atoms with van der Waals surface area (Å²) in [5.74, 6) is 0.213. The van der Waals surface area contributed by atoms with Crippen molar-refractivity contribution in [3.63, 3.8) is 0 Å². The Kier molecular flexibility index (Phi) is 10.6. The Morgan fingerprint density at radius 2 is 1.79 bits per heavy atom. The first-order valence-electron chi connectivity index (χ1n) is 13.4. The Morgan fingerprint density at radius 3 is 2.50 bits per heavy atom. The number of ether oxygens (including phenoxy) is 1. The minimum atomic E-state index is -3.75. The van der Waals surface area contributed by atoms with Gasteiger partial charge in [-0.3, -0.25) is 23.3 Å². The Labute approximate surface area is 244 Å². The van der Waals surface area contributed by atoms with E-state index in [9.17, 15) is 9.36 Å². The number of nitrogens with zero attached hydrogens (tertiary/aromatic N) is 5. The number of phosphoric acid groups is 1. The summed E-state index contributed by atoms with van der Waals surface area (Å²) in [7, 11) is 1.66. The molecular weight excluding hydrogens is 559 g/mol. The number of rotatable bonds is 14. The first-order chi connectivity index (χ1) is 20.2. The van der Waals surface area contributed by atoms with Crippen LogP contribution in [0.4, 0.5) is 5.69 Å². The fourth-order valence-electron chi connectivity index (χ4n) is 4.13. The zero-order valence-corrected chi connectivity index (χ0v) is 25.2. The molecule has 4 aromatic heterocycles. The van der Waals surface area contributed by atoms with Crippen molar-refractivity contribution < 1.29 is 27.7 Å².